The Hall–Kier alpha value is -2.29. The van der Waals surface area contributed by atoms with Gasteiger partial charge in [0.2, 0.25) is 0 Å². The van der Waals surface area contributed by atoms with Crippen molar-refractivity contribution >= 4 is 16.9 Å². The molecule has 8 nitrogen and oxygen atoms in total. The van der Waals surface area contributed by atoms with E-state index in [4.69, 9.17) is 4.74 Å². The lowest BCUT2D eigenvalue weighted by Gasteiger charge is -2.37. The molecule has 4 rings (SSSR count). The van der Waals surface area contributed by atoms with Crippen molar-refractivity contribution < 1.29 is 19.7 Å². The van der Waals surface area contributed by atoms with Crippen LogP contribution in [0.2, 0.25) is 0 Å². The van der Waals surface area contributed by atoms with Crippen molar-refractivity contribution in [3.05, 3.63) is 30.0 Å². The van der Waals surface area contributed by atoms with E-state index < -0.39 is 12.3 Å². The molecule has 164 valence electrons. The molecule has 0 radical (unpaired) electrons. The predicted octanol–water partition coefficient (Wildman–Crippen LogP) is 1.76. The normalized spacial score (nSPS) is 20.9. The van der Waals surface area contributed by atoms with Gasteiger partial charge in [-0.2, -0.15) is 0 Å². The predicted molar refractivity (Wildman–Crippen MR) is 114 cm³/mol. The third kappa shape index (κ3) is 4.40. The molecule has 3 N–H and O–H groups in total. The molecule has 2 amide bonds. The number of carbonyl (C=O) groups is 1. The molecule has 2 aliphatic rings. The van der Waals surface area contributed by atoms with Gasteiger partial charge in [-0.25, -0.2) is 4.79 Å². The van der Waals surface area contributed by atoms with Gasteiger partial charge in [-0.3, -0.25) is 4.90 Å². The first-order valence-electron chi connectivity index (χ1n) is 10.8. The number of aliphatic hydroxyl groups excluding tert-OH is 2. The Labute approximate surface area is 177 Å². The summed E-state index contributed by atoms with van der Waals surface area (Å²) in [7, 11) is 0. The number of benzene rings is 1. The third-order valence-corrected chi connectivity index (χ3v) is 6.18. The highest BCUT2D eigenvalue weighted by Gasteiger charge is 2.36. The summed E-state index contributed by atoms with van der Waals surface area (Å²) in [5.41, 5.74) is 2.12. The quantitative estimate of drug-likeness (QED) is 0.640. The van der Waals surface area contributed by atoms with E-state index >= 15 is 0 Å². The number of aryl methyl sites for hydroxylation is 1. The molecule has 3 heterocycles. The van der Waals surface area contributed by atoms with Crippen LogP contribution in [0, 0.1) is 6.92 Å². The average Bonchev–Trinajstić information content (AvgIpc) is 3.29. The van der Waals surface area contributed by atoms with E-state index in [0.29, 0.717) is 19.6 Å². The Morgan fingerprint density at radius 3 is 2.67 bits per heavy atom. The number of ether oxygens (including phenoxy) is 1. The Morgan fingerprint density at radius 2 is 1.97 bits per heavy atom. The number of aromatic nitrogens is 1. The minimum absolute atomic E-state index is 0.0638. The van der Waals surface area contributed by atoms with Crippen LogP contribution in [0.4, 0.5) is 4.79 Å². The molecule has 0 spiro atoms. The van der Waals surface area contributed by atoms with Crippen molar-refractivity contribution in [2.75, 3.05) is 39.3 Å². The van der Waals surface area contributed by atoms with E-state index in [1.165, 1.54) is 4.90 Å². The zero-order chi connectivity index (χ0) is 21.3. The maximum Gasteiger partial charge on any atom is 0.322 e. The van der Waals surface area contributed by atoms with Crippen LogP contribution in [-0.4, -0.2) is 93.6 Å². The molecular formula is C22H32N4O4. The Bertz CT molecular complexity index is 875. The van der Waals surface area contributed by atoms with Crippen molar-refractivity contribution in [3.8, 4) is 5.75 Å². The van der Waals surface area contributed by atoms with Gasteiger partial charge in [0.1, 0.15) is 24.7 Å². The first-order chi connectivity index (χ1) is 14.4. The van der Waals surface area contributed by atoms with E-state index in [1.807, 2.05) is 30.0 Å². The van der Waals surface area contributed by atoms with Gasteiger partial charge in [-0.15, -0.1) is 0 Å². The minimum atomic E-state index is -0.737. The summed E-state index contributed by atoms with van der Waals surface area (Å²) in [6.45, 7) is 7.39. The van der Waals surface area contributed by atoms with Crippen LogP contribution in [0.1, 0.15) is 25.5 Å². The number of β-amino-alcohol motifs (C(OH)–C–C–N with tert-alkyl or cyclic N) is 1. The van der Waals surface area contributed by atoms with E-state index in [1.54, 1.807) is 6.92 Å². The standard InChI is InChI=1S/C22H32N4O4/c1-15-12-19-20(23-15)4-3-5-21(19)30-14-18(28)13-24-8-6-17(7-9-24)26-11-10-25(16(2)27)22(26)29/h3-5,12,16-18,23,27-28H,6-11,13-14H2,1-2H3. The van der Waals surface area contributed by atoms with E-state index in [0.717, 1.165) is 48.3 Å². The summed E-state index contributed by atoms with van der Waals surface area (Å²) in [4.78, 5) is 21.4. The van der Waals surface area contributed by atoms with Crippen LogP contribution in [0.5, 0.6) is 5.75 Å². The molecule has 2 aliphatic heterocycles. The second-order valence-corrected chi connectivity index (χ2v) is 8.47. The number of hydrogen-bond donors (Lipinski definition) is 3. The average molecular weight is 417 g/mol. The molecule has 1 aromatic carbocycles. The number of aromatic amines is 1. The number of nitrogens with one attached hydrogen (secondary N) is 1. The number of urea groups is 1. The van der Waals surface area contributed by atoms with E-state index in [-0.39, 0.29) is 18.7 Å². The maximum atomic E-state index is 12.4. The minimum Gasteiger partial charge on any atom is -0.490 e. The highest BCUT2D eigenvalue weighted by atomic mass is 16.5. The third-order valence-electron chi connectivity index (χ3n) is 6.18. The Kier molecular flexibility index (Phi) is 6.17. The summed E-state index contributed by atoms with van der Waals surface area (Å²) in [6.07, 6.45) is 0.457. The zero-order valence-electron chi connectivity index (χ0n) is 17.8. The number of amides is 2. The Morgan fingerprint density at radius 1 is 1.20 bits per heavy atom. The van der Waals surface area contributed by atoms with Crippen LogP contribution in [-0.2, 0) is 0 Å². The Balaban J connectivity index is 1.24. The van der Waals surface area contributed by atoms with Crippen LogP contribution in [0.25, 0.3) is 10.9 Å². The van der Waals surface area contributed by atoms with Crippen molar-refractivity contribution in [1.29, 1.82) is 0 Å². The van der Waals surface area contributed by atoms with Crippen LogP contribution >= 0.6 is 0 Å². The zero-order valence-corrected chi connectivity index (χ0v) is 17.8. The summed E-state index contributed by atoms with van der Waals surface area (Å²) in [5.74, 6) is 0.782. The van der Waals surface area contributed by atoms with Crippen molar-refractivity contribution in [2.45, 2.75) is 45.1 Å². The van der Waals surface area contributed by atoms with Gasteiger partial charge >= 0.3 is 6.03 Å². The van der Waals surface area contributed by atoms with Gasteiger partial charge in [0.15, 0.2) is 0 Å². The maximum absolute atomic E-state index is 12.4. The summed E-state index contributed by atoms with van der Waals surface area (Å²) < 4.78 is 5.91. The van der Waals surface area contributed by atoms with Gasteiger partial charge in [-0.05, 0) is 44.9 Å². The number of likely N-dealkylation sites (tertiary alicyclic amines) is 1. The molecule has 0 bridgehead atoms. The number of carbonyl (C=O) groups excluding carboxylic acids is 1. The first-order valence-corrected chi connectivity index (χ1v) is 10.8. The molecule has 0 saturated carbocycles. The van der Waals surface area contributed by atoms with E-state index in [9.17, 15) is 15.0 Å². The lowest BCUT2D eigenvalue weighted by molar-refractivity contribution is 0.0442. The molecule has 2 saturated heterocycles. The fourth-order valence-corrected chi connectivity index (χ4v) is 4.60. The lowest BCUT2D eigenvalue weighted by Crippen LogP contribution is -2.49. The number of H-pyrrole nitrogens is 1. The van der Waals surface area contributed by atoms with Gasteiger partial charge in [0.25, 0.3) is 0 Å². The number of nitrogens with zero attached hydrogens (tertiary/aromatic N) is 3. The van der Waals surface area contributed by atoms with Crippen molar-refractivity contribution in [1.82, 2.24) is 19.7 Å². The topological polar surface area (TPSA) is 92.3 Å². The fourth-order valence-electron chi connectivity index (χ4n) is 4.60. The summed E-state index contributed by atoms with van der Waals surface area (Å²) in [6, 6.07) is 8.09. The summed E-state index contributed by atoms with van der Waals surface area (Å²) >= 11 is 0. The van der Waals surface area contributed by atoms with Crippen LogP contribution in [0.15, 0.2) is 24.3 Å². The SMILES string of the molecule is Cc1cc2c(OCC(O)CN3CCC(N4CCN(C(C)O)C4=O)CC3)cccc2[nH]1. The second-order valence-electron chi connectivity index (χ2n) is 8.47. The fraction of sp³-hybridized carbons (Fsp3) is 0.591. The molecule has 2 fully saturated rings. The molecule has 2 atom stereocenters. The van der Waals surface area contributed by atoms with Gasteiger partial charge < -0.3 is 29.7 Å². The smallest absolute Gasteiger partial charge is 0.322 e. The summed E-state index contributed by atoms with van der Waals surface area (Å²) in [5, 5.41) is 21.2. The lowest BCUT2D eigenvalue weighted by atomic mass is 10.0. The molecule has 2 aromatic rings. The largest absolute Gasteiger partial charge is 0.490 e. The highest BCUT2D eigenvalue weighted by Crippen LogP contribution is 2.26. The molecule has 30 heavy (non-hydrogen) atoms. The molecule has 1 aromatic heterocycles. The molecule has 2 unspecified atom stereocenters. The molecule has 0 aliphatic carbocycles. The van der Waals surface area contributed by atoms with Gasteiger partial charge in [-0.1, -0.05) is 6.07 Å². The number of fused-ring (bicyclic) bond motifs is 1. The monoisotopic (exact) mass is 416 g/mol. The number of piperidine rings is 1. The van der Waals surface area contributed by atoms with Crippen LogP contribution in [0.3, 0.4) is 0 Å². The van der Waals surface area contributed by atoms with Crippen molar-refractivity contribution in [2.24, 2.45) is 0 Å². The van der Waals surface area contributed by atoms with Gasteiger partial charge in [0.05, 0.1) is 0 Å². The number of rotatable bonds is 7. The first kappa shape index (κ1) is 21.0. The number of aliphatic hydroxyl groups is 2. The molecule has 8 heteroatoms. The highest BCUT2D eigenvalue weighted by molar-refractivity contribution is 5.86. The second kappa shape index (κ2) is 8.83. The van der Waals surface area contributed by atoms with Crippen LogP contribution < -0.4 is 4.74 Å². The molecular weight excluding hydrogens is 384 g/mol. The van der Waals surface area contributed by atoms with Crippen molar-refractivity contribution in [3.63, 3.8) is 0 Å². The van der Waals surface area contributed by atoms with E-state index in [2.05, 4.69) is 16.0 Å². The van der Waals surface area contributed by atoms with Gasteiger partial charge in [0, 0.05) is 55.4 Å². The number of hydrogen-bond acceptors (Lipinski definition) is 5.